The van der Waals surface area contributed by atoms with Crippen LogP contribution in [0.5, 0.6) is 0 Å². The number of rotatable bonds is 7. The van der Waals surface area contributed by atoms with Crippen LogP contribution in [0.15, 0.2) is 18.3 Å². The fourth-order valence-electron chi connectivity index (χ4n) is 1.88. The van der Waals surface area contributed by atoms with Gasteiger partial charge in [0.15, 0.2) is 0 Å². The summed E-state index contributed by atoms with van der Waals surface area (Å²) in [6, 6.07) is 3.51. The Balaban J connectivity index is 2.90. The minimum absolute atomic E-state index is 0.0544. The Labute approximate surface area is 114 Å². The van der Waals surface area contributed by atoms with Crippen LogP contribution in [0.4, 0.5) is 5.69 Å². The number of hydrogen-bond donors (Lipinski definition) is 3. The van der Waals surface area contributed by atoms with Gasteiger partial charge in [0.05, 0.1) is 12.1 Å². The van der Waals surface area contributed by atoms with Crippen LogP contribution in [-0.4, -0.2) is 34.7 Å². The molecule has 1 aromatic heterocycles. The molecular formula is C14H23N3O2. The van der Waals surface area contributed by atoms with Crippen molar-refractivity contribution in [2.75, 3.05) is 18.5 Å². The molecule has 1 aromatic rings. The molecule has 0 atom stereocenters. The molecule has 5 nitrogen and oxygen atoms in total. The number of aromatic nitrogens is 1. The van der Waals surface area contributed by atoms with Gasteiger partial charge in [-0.3, -0.25) is 9.78 Å². The van der Waals surface area contributed by atoms with E-state index in [1.807, 2.05) is 20.8 Å². The van der Waals surface area contributed by atoms with Crippen LogP contribution in [0.3, 0.4) is 0 Å². The largest absolute Gasteiger partial charge is 0.394 e. The zero-order chi connectivity index (χ0) is 14.3. The van der Waals surface area contributed by atoms with Crippen molar-refractivity contribution in [2.24, 2.45) is 0 Å². The Morgan fingerprint density at radius 3 is 2.58 bits per heavy atom. The van der Waals surface area contributed by atoms with E-state index in [1.165, 1.54) is 0 Å². The second kappa shape index (κ2) is 7.09. The molecule has 0 radical (unpaired) electrons. The van der Waals surface area contributed by atoms with Gasteiger partial charge in [-0.15, -0.1) is 0 Å². The van der Waals surface area contributed by atoms with E-state index >= 15 is 0 Å². The highest BCUT2D eigenvalue weighted by Gasteiger charge is 2.24. The number of anilines is 1. The number of pyridine rings is 1. The summed E-state index contributed by atoms with van der Waals surface area (Å²) >= 11 is 0. The van der Waals surface area contributed by atoms with Crippen LogP contribution in [-0.2, 0) is 0 Å². The monoisotopic (exact) mass is 265 g/mol. The van der Waals surface area contributed by atoms with Gasteiger partial charge in [0.25, 0.3) is 5.91 Å². The second-order valence-corrected chi connectivity index (χ2v) is 4.56. The first-order valence-electron chi connectivity index (χ1n) is 6.74. The van der Waals surface area contributed by atoms with Gasteiger partial charge in [0.2, 0.25) is 0 Å². The molecule has 106 valence electrons. The molecule has 0 saturated heterocycles. The van der Waals surface area contributed by atoms with Gasteiger partial charge in [-0.1, -0.05) is 13.8 Å². The van der Waals surface area contributed by atoms with Gasteiger partial charge >= 0.3 is 0 Å². The van der Waals surface area contributed by atoms with Crippen LogP contribution < -0.4 is 10.6 Å². The zero-order valence-electron chi connectivity index (χ0n) is 11.9. The first-order chi connectivity index (χ1) is 9.10. The Bertz CT molecular complexity index is 409. The van der Waals surface area contributed by atoms with E-state index in [0.29, 0.717) is 12.2 Å². The van der Waals surface area contributed by atoms with Gasteiger partial charge in [0, 0.05) is 18.4 Å². The first-order valence-corrected chi connectivity index (χ1v) is 6.74. The van der Waals surface area contributed by atoms with E-state index < -0.39 is 0 Å². The van der Waals surface area contributed by atoms with Crippen molar-refractivity contribution in [1.82, 2.24) is 10.3 Å². The minimum atomic E-state index is -0.347. The summed E-state index contributed by atoms with van der Waals surface area (Å²) in [5, 5.41) is 15.6. The van der Waals surface area contributed by atoms with Gasteiger partial charge in [-0.05, 0) is 31.9 Å². The number of amides is 1. The van der Waals surface area contributed by atoms with E-state index in [1.54, 1.807) is 18.3 Å². The average molecular weight is 265 g/mol. The fraction of sp³-hybridized carbons (Fsp3) is 0.571. The fourth-order valence-corrected chi connectivity index (χ4v) is 1.88. The quantitative estimate of drug-likeness (QED) is 0.702. The molecule has 0 spiro atoms. The topological polar surface area (TPSA) is 74.2 Å². The summed E-state index contributed by atoms with van der Waals surface area (Å²) < 4.78 is 0. The summed E-state index contributed by atoms with van der Waals surface area (Å²) in [6.45, 7) is 6.55. The van der Waals surface area contributed by atoms with Crippen molar-refractivity contribution in [2.45, 2.75) is 39.2 Å². The average Bonchev–Trinajstić information content (AvgIpc) is 2.45. The van der Waals surface area contributed by atoms with E-state index in [-0.39, 0.29) is 18.1 Å². The maximum absolute atomic E-state index is 11.7. The summed E-state index contributed by atoms with van der Waals surface area (Å²) in [5.41, 5.74) is 0.833. The van der Waals surface area contributed by atoms with Gasteiger partial charge < -0.3 is 15.7 Å². The number of nitrogens with zero attached hydrogens (tertiary/aromatic N) is 1. The van der Waals surface area contributed by atoms with E-state index in [4.69, 9.17) is 0 Å². The molecule has 0 bridgehead atoms. The maximum atomic E-state index is 11.7. The van der Waals surface area contributed by atoms with Crippen molar-refractivity contribution >= 4 is 11.6 Å². The Morgan fingerprint density at radius 1 is 1.37 bits per heavy atom. The van der Waals surface area contributed by atoms with E-state index in [0.717, 1.165) is 18.5 Å². The summed E-state index contributed by atoms with van der Waals surface area (Å²) in [6.07, 6.45) is 3.21. The van der Waals surface area contributed by atoms with Crippen LogP contribution in [0.1, 0.15) is 44.1 Å². The van der Waals surface area contributed by atoms with Gasteiger partial charge in [-0.2, -0.15) is 0 Å². The van der Waals surface area contributed by atoms with Crippen molar-refractivity contribution in [1.29, 1.82) is 0 Å². The highest BCUT2D eigenvalue weighted by atomic mass is 16.3. The predicted octanol–water partition coefficient (Wildman–Crippen LogP) is 1.79. The van der Waals surface area contributed by atoms with Crippen LogP contribution in [0, 0.1) is 0 Å². The Kier molecular flexibility index (Phi) is 5.76. The molecule has 0 aliphatic rings. The maximum Gasteiger partial charge on any atom is 0.269 e. The molecule has 19 heavy (non-hydrogen) atoms. The van der Waals surface area contributed by atoms with Crippen molar-refractivity contribution in [3.05, 3.63) is 24.0 Å². The number of nitrogens with one attached hydrogen (secondary N) is 2. The SMILES string of the molecule is CCNC(=O)c1cc(NC(CC)(CC)CO)ccn1. The van der Waals surface area contributed by atoms with Crippen molar-refractivity contribution < 1.29 is 9.90 Å². The van der Waals surface area contributed by atoms with E-state index in [9.17, 15) is 9.90 Å². The highest BCUT2D eigenvalue weighted by molar-refractivity contribution is 5.93. The van der Waals surface area contributed by atoms with Gasteiger partial charge in [-0.25, -0.2) is 0 Å². The lowest BCUT2D eigenvalue weighted by molar-refractivity contribution is 0.0951. The number of hydrogen-bond acceptors (Lipinski definition) is 4. The van der Waals surface area contributed by atoms with Crippen molar-refractivity contribution in [3.63, 3.8) is 0 Å². The normalized spacial score (nSPS) is 11.2. The molecule has 0 aromatic carbocycles. The van der Waals surface area contributed by atoms with Crippen molar-refractivity contribution in [3.8, 4) is 0 Å². The number of aliphatic hydroxyl groups excluding tert-OH is 1. The molecule has 0 aliphatic heterocycles. The smallest absolute Gasteiger partial charge is 0.269 e. The Morgan fingerprint density at radius 2 is 2.05 bits per heavy atom. The predicted molar refractivity (Wildman–Crippen MR) is 76.3 cm³/mol. The van der Waals surface area contributed by atoms with Crippen LogP contribution >= 0.6 is 0 Å². The lowest BCUT2D eigenvalue weighted by Gasteiger charge is -2.32. The molecule has 0 unspecified atom stereocenters. The third-order valence-corrected chi connectivity index (χ3v) is 3.40. The molecule has 0 aliphatic carbocycles. The molecule has 1 amide bonds. The van der Waals surface area contributed by atoms with Crippen LogP contribution in [0.2, 0.25) is 0 Å². The minimum Gasteiger partial charge on any atom is -0.394 e. The molecule has 1 heterocycles. The van der Waals surface area contributed by atoms with Gasteiger partial charge in [0.1, 0.15) is 5.69 Å². The molecule has 5 heteroatoms. The summed E-state index contributed by atoms with van der Waals surface area (Å²) in [5.74, 6) is -0.186. The van der Waals surface area contributed by atoms with Crippen LogP contribution in [0.25, 0.3) is 0 Å². The number of carbonyl (C=O) groups is 1. The lowest BCUT2D eigenvalue weighted by atomic mass is 9.93. The summed E-state index contributed by atoms with van der Waals surface area (Å²) in [4.78, 5) is 15.8. The molecule has 1 rings (SSSR count). The Hall–Kier alpha value is -1.62. The highest BCUT2D eigenvalue weighted by Crippen LogP contribution is 2.21. The van der Waals surface area contributed by atoms with E-state index in [2.05, 4.69) is 15.6 Å². The third-order valence-electron chi connectivity index (χ3n) is 3.40. The second-order valence-electron chi connectivity index (χ2n) is 4.56. The number of aliphatic hydroxyl groups is 1. The first kappa shape index (κ1) is 15.4. The standard InChI is InChI=1S/C14H23N3O2/c1-4-14(5-2,10-18)17-11-7-8-16-12(9-11)13(19)15-6-3/h7-9,18H,4-6,10H2,1-3H3,(H,15,19)(H,16,17). The third kappa shape index (κ3) is 3.92. The zero-order valence-corrected chi connectivity index (χ0v) is 11.9. The molecule has 0 saturated carbocycles. The molecule has 3 N–H and O–H groups in total. The molecular weight excluding hydrogens is 242 g/mol. The lowest BCUT2D eigenvalue weighted by Crippen LogP contribution is -2.40. The molecule has 0 fully saturated rings. The summed E-state index contributed by atoms with van der Waals surface area (Å²) in [7, 11) is 0. The number of carbonyl (C=O) groups excluding carboxylic acids is 1.